The Morgan fingerprint density at radius 3 is 2.88 bits per heavy atom. The molecule has 0 aliphatic rings. The maximum atomic E-state index is 11.4. The molecule has 80 valence electrons. The quantitative estimate of drug-likeness (QED) is 0.685. The highest BCUT2D eigenvalue weighted by Gasteiger charge is 2.17. The normalized spacial score (nSPS) is 10.1. The summed E-state index contributed by atoms with van der Waals surface area (Å²) in [5, 5.41) is 9.56. The van der Waals surface area contributed by atoms with Crippen LogP contribution in [0.2, 0.25) is 0 Å². The minimum atomic E-state index is -0.507. The first-order valence-corrected chi connectivity index (χ1v) is 4.69. The van der Waals surface area contributed by atoms with Gasteiger partial charge in [-0.25, -0.2) is 4.79 Å². The number of nitrogens with zero attached hydrogens (tertiary/aromatic N) is 1. The fourth-order valence-corrected chi connectivity index (χ4v) is 1.58. The van der Waals surface area contributed by atoms with Crippen LogP contribution in [-0.4, -0.2) is 13.1 Å². The Kier molecular flexibility index (Phi) is 2.37. The summed E-state index contributed by atoms with van der Waals surface area (Å²) in [6.45, 7) is 1.78. The van der Waals surface area contributed by atoms with Crippen molar-refractivity contribution in [2.45, 2.75) is 6.92 Å². The molecule has 2 rings (SSSR count). The lowest BCUT2D eigenvalue weighted by Crippen LogP contribution is -2.00. The summed E-state index contributed by atoms with van der Waals surface area (Å²) < 4.78 is 9.97. The second kappa shape index (κ2) is 3.70. The Labute approximate surface area is 92.0 Å². The minimum Gasteiger partial charge on any atom is -0.463 e. The van der Waals surface area contributed by atoms with E-state index in [0.717, 1.165) is 10.9 Å². The lowest BCUT2D eigenvalue weighted by Gasteiger charge is -1.93. The van der Waals surface area contributed by atoms with Crippen molar-refractivity contribution in [2.24, 2.45) is 0 Å². The van der Waals surface area contributed by atoms with Gasteiger partial charge in [0.05, 0.1) is 18.7 Å². The van der Waals surface area contributed by atoms with Gasteiger partial charge < -0.3 is 9.15 Å². The van der Waals surface area contributed by atoms with Crippen LogP contribution in [0.4, 0.5) is 0 Å². The maximum absolute atomic E-state index is 11.4. The molecular weight excluding hydrogens is 206 g/mol. The number of aryl methyl sites for hydroxylation is 1. The summed E-state index contributed by atoms with van der Waals surface area (Å²) in [7, 11) is 1.30. The number of benzene rings is 1. The molecule has 1 heterocycles. The summed E-state index contributed by atoms with van der Waals surface area (Å²) in [6, 6.07) is 7.07. The minimum absolute atomic E-state index is 0.188. The van der Waals surface area contributed by atoms with E-state index in [1.54, 1.807) is 25.1 Å². The van der Waals surface area contributed by atoms with E-state index in [2.05, 4.69) is 4.74 Å². The van der Waals surface area contributed by atoms with Crippen LogP contribution in [0, 0.1) is 18.3 Å². The third-order valence-corrected chi connectivity index (χ3v) is 2.44. The van der Waals surface area contributed by atoms with Crippen LogP contribution in [0.5, 0.6) is 0 Å². The summed E-state index contributed by atoms with van der Waals surface area (Å²) >= 11 is 0. The largest absolute Gasteiger partial charge is 0.463 e. The summed E-state index contributed by atoms with van der Waals surface area (Å²) in [5.74, 6) is -0.320. The van der Waals surface area contributed by atoms with Gasteiger partial charge in [0.1, 0.15) is 5.58 Å². The van der Waals surface area contributed by atoms with E-state index < -0.39 is 5.97 Å². The van der Waals surface area contributed by atoms with Gasteiger partial charge >= 0.3 is 5.97 Å². The van der Waals surface area contributed by atoms with Crippen LogP contribution in [-0.2, 0) is 4.74 Å². The van der Waals surface area contributed by atoms with E-state index in [0.29, 0.717) is 11.1 Å². The molecule has 4 nitrogen and oxygen atoms in total. The molecule has 0 saturated heterocycles. The fraction of sp³-hybridized carbons (Fsp3) is 0.167. The van der Waals surface area contributed by atoms with Gasteiger partial charge in [0.2, 0.25) is 5.76 Å². The van der Waals surface area contributed by atoms with E-state index in [1.165, 1.54) is 7.11 Å². The van der Waals surface area contributed by atoms with E-state index in [-0.39, 0.29) is 5.76 Å². The number of carbonyl (C=O) groups is 1. The standard InChI is InChI=1S/C12H9NO3/c1-7-9-4-3-8(6-13)5-10(9)16-11(7)12(14)15-2/h3-5H,1-2H3. The smallest absolute Gasteiger partial charge is 0.374 e. The molecule has 0 radical (unpaired) electrons. The average Bonchev–Trinajstić information content (AvgIpc) is 2.65. The van der Waals surface area contributed by atoms with Gasteiger partial charge in [0, 0.05) is 10.9 Å². The SMILES string of the molecule is COC(=O)c1oc2cc(C#N)ccc2c1C. The molecule has 2 aromatic rings. The van der Waals surface area contributed by atoms with Crippen LogP contribution in [0.15, 0.2) is 22.6 Å². The van der Waals surface area contributed by atoms with Gasteiger partial charge in [0.15, 0.2) is 0 Å². The number of fused-ring (bicyclic) bond motifs is 1. The van der Waals surface area contributed by atoms with Crippen molar-refractivity contribution in [3.63, 3.8) is 0 Å². The van der Waals surface area contributed by atoms with Gasteiger partial charge in [0.25, 0.3) is 0 Å². The lowest BCUT2D eigenvalue weighted by molar-refractivity contribution is 0.0566. The molecule has 1 aromatic carbocycles. The molecule has 1 aromatic heterocycles. The maximum Gasteiger partial charge on any atom is 0.374 e. The topological polar surface area (TPSA) is 63.2 Å². The van der Waals surface area contributed by atoms with Crippen molar-refractivity contribution in [1.82, 2.24) is 0 Å². The van der Waals surface area contributed by atoms with Gasteiger partial charge in [-0.15, -0.1) is 0 Å². The highest BCUT2D eigenvalue weighted by molar-refractivity contribution is 5.96. The Morgan fingerprint density at radius 1 is 1.50 bits per heavy atom. The molecule has 0 N–H and O–H groups in total. The predicted molar refractivity (Wildman–Crippen MR) is 57.0 cm³/mol. The Balaban J connectivity index is 2.68. The van der Waals surface area contributed by atoms with Crippen molar-refractivity contribution in [3.8, 4) is 6.07 Å². The first-order valence-electron chi connectivity index (χ1n) is 4.69. The highest BCUT2D eigenvalue weighted by Crippen LogP contribution is 2.26. The van der Waals surface area contributed by atoms with E-state index >= 15 is 0 Å². The number of carbonyl (C=O) groups excluding carboxylic acids is 1. The number of methoxy groups -OCH3 is 1. The molecule has 0 aliphatic heterocycles. The van der Waals surface area contributed by atoms with Crippen molar-refractivity contribution < 1.29 is 13.9 Å². The highest BCUT2D eigenvalue weighted by atomic mass is 16.5. The van der Waals surface area contributed by atoms with Crippen molar-refractivity contribution in [2.75, 3.05) is 7.11 Å². The number of furan rings is 1. The third kappa shape index (κ3) is 1.43. The fourth-order valence-electron chi connectivity index (χ4n) is 1.58. The number of esters is 1. The number of hydrogen-bond donors (Lipinski definition) is 0. The summed E-state index contributed by atoms with van der Waals surface area (Å²) in [5.41, 5.74) is 1.75. The zero-order valence-corrected chi connectivity index (χ0v) is 8.90. The first-order chi connectivity index (χ1) is 7.67. The molecule has 0 saturated carbocycles. The van der Waals surface area contributed by atoms with Gasteiger partial charge in [-0.1, -0.05) is 0 Å². The van der Waals surface area contributed by atoms with Crippen molar-refractivity contribution in [1.29, 1.82) is 5.26 Å². The molecular formula is C12H9NO3. The second-order valence-electron chi connectivity index (χ2n) is 3.37. The molecule has 4 heteroatoms. The summed E-state index contributed by atoms with van der Waals surface area (Å²) in [6.07, 6.45) is 0. The van der Waals surface area contributed by atoms with Crippen molar-refractivity contribution >= 4 is 16.9 Å². The molecule has 0 spiro atoms. The lowest BCUT2D eigenvalue weighted by atomic mass is 10.1. The van der Waals surface area contributed by atoms with Crippen molar-refractivity contribution in [3.05, 3.63) is 35.1 Å². The average molecular weight is 215 g/mol. The van der Waals surface area contributed by atoms with Crippen LogP contribution in [0.1, 0.15) is 21.7 Å². The first kappa shape index (κ1) is 10.2. The number of rotatable bonds is 1. The van der Waals surface area contributed by atoms with Gasteiger partial charge in [-0.05, 0) is 25.1 Å². The van der Waals surface area contributed by atoms with E-state index in [9.17, 15) is 4.79 Å². The molecule has 0 atom stereocenters. The number of hydrogen-bond acceptors (Lipinski definition) is 4. The van der Waals surface area contributed by atoms with Crippen LogP contribution in [0.3, 0.4) is 0 Å². The second-order valence-corrected chi connectivity index (χ2v) is 3.37. The zero-order valence-electron chi connectivity index (χ0n) is 8.90. The van der Waals surface area contributed by atoms with Gasteiger partial charge in [-0.3, -0.25) is 0 Å². The predicted octanol–water partition coefficient (Wildman–Crippen LogP) is 2.40. The van der Waals surface area contributed by atoms with Crippen LogP contribution in [0.25, 0.3) is 11.0 Å². The van der Waals surface area contributed by atoms with Crippen LogP contribution >= 0.6 is 0 Å². The third-order valence-electron chi connectivity index (χ3n) is 2.44. The Morgan fingerprint density at radius 2 is 2.25 bits per heavy atom. The number of ether oxygens (including phenoxy) is 1. The zero-order chi connectivity index (χ0) is 11.7. The molecule has 0 fully saturated rings. The van der Waals surface area contributed by atoms with E-state index in [1.807, 2.05) is 6.07 Å². The van der Waals surface area contributed by atoms with Crippen LogP contribution < -0.4 is 0 Å². The molecule has 0 unspecified atom stereocenters. The van der Waals surface area contributed by atoms with E-state index in [4.69, 9.17) is 9.68 Å². The van der Waals surface area contributed by atoms with Gasteiger partial charge in [-0.2, -0.15) is 5.26 Å². The molecule has 16 heavy (non-hydrogen) atoms. The molecule has 0 aliphatic carbocycles. The Bertz CT molecular complexity index is 604. The summed E-state index contributed by atoms with van der Waals surface area (Å²) in [4.78, 5) is 11.4. The Hall–Kier alpha value is -2.28. The molecule has 0 amide bonds. The monoisotopic (exact) mass is 215 g/mol. The number of nitriles is 1. The molecule has 0 bridgehead atoms.